The van der Waals surface area contributed by atoms with Crippen molar-refractivity contribution in [3.63, 3.8) is 0 Å². The lowest BCUT2D eigenvalue weighted by Crippen LogP contribution is -2.47. The number of alkyl halides is 3. The number of carbonyl (C=O) groups is 2. The van der Waals surface area contributed by atoms with Crippen LogP contribution in [0.1, 0.15) is 56.2 Å². The molecule has 1 aliphatic rings. The summed E-state index contributed by atoms with van der Waals surface area (Å²) >= 11 is 0.284. The number of ether oxygens (including phenoxy) is 1. The molecule has 0 radical (unpaired) electrons. The summed E-state index contributed by atoms with van der Waals surface area (Å²) in [5.41, 5.74) is 1.37. The van der Waals surface area contributed by atoms with E-state index >= 15 is 0 Å². The maximum atomic E-state index is 12.9. The molecule has 0 bridgehead atoms. The molecule has 4 nitrogen and oxygen atoms in total. The zero-order valence-corrected chi connectivity index (χ0v) is 16.3. The Hall–Kier alpha value is -0.878. The van der Waals surface area contributed by atoms with Crippen LogP contribution in [0.5, 0.6) is 0 Å². The second-order valence-corrected chi connectivity index (χ2v) is 8.82. The predicted molar refractivity (Wildman–Crippen MR) is 85.4 cm³/mol. The molecule has 132 valence electrons. The Morgan fingerprint density at radius 1 is 1.17 bits per heavy atom. The van der Waals surface area contributed by atoms with Crippen LogP contribution in [0.15, 0.2) is 0 Å². The fraction of sp³-hybridized carbons (Fsp3) is 0.600. The van der Waals surface area contributed by atoms with Gasteiger partial charge in [-0.2, -0.15) is 13.2 Å². The van der Waals surface area contributed by atoms with Crippen molar-refractivity contribution in [2.45, 2.75) is 49.2 Å². The summed E-state index contributed by atoms with van der Waals surface area (Å²) in [5, 5.41) is 9.63. The largest absolute Gasteiger partial charge is 0.465 e. The fourth-order valence-corrected chi connectivity index (χ4v) is 4.36. The molecule has 1 N–H and O–H groups in total. The molecule has 0 spiro atoms. The van der Waals surface area contributed by atoms with Crippen LogP contribution >= 0.6 is 11.3 Å². The molecule has 1 heterocycles. The van der Waals surface area contributed by atoms with Crippen LogP contribution in [0.4, 0.5) is 13.2 Å². The maximum Gasteiger partial charge on any atom is 0.403 e. The molecule has 1 atom stereocenters. The number of fused-ring (bicyclic) bond motifs is 1. The lowest BCUT2D eigenvalue weighted by atomic mass is 10.00. The van der Waals surface area contributed by atoms with Crippen molar-refractivity contribution in [3.8, 4) is 0 Å². The Kier molecular flexibility index (Phi) is 5.80. The van der Waals surface area contributed by atoms with Crippen LogP contribution in [0.3, 0.4) is 0 Å². The van der Waals surface area contributed by atoms with Crippen LogP contribution in [0.2, 0.25) is 0 Å². The number of carbonyl (C=O) groups excluding carboxylic acids is 2. The van der Waals surface area contributed by atoms with Gasteiger partial charge in [-0.1, -0.05) is 6.42 Å². The summed E-state index contributed by atoms with van der Waals surface area (Å²) < 4.78 is 40.4. The number of thiophene rings is 1. The minimum Gasteiger partial charge on any atom is -0.465 e. The van der Waals surface area contributed by atoms with Crippen LogP contribution in [-0.4, -0.2) is 50.9 Å². The Morgan fingerprint density at radius 2 is 1.71 bits per heavy atom. The van der Waals surface area contributed by atoms with Crippen molar-refractivity contribution < 1.29 is 32.6 Å². The van der Waals surface area contributed by atoms with E-state index in [0.29, 0.717) is 23.3 Å². The molecule has 1 aromatic rings. The summed E-state index contributed by atoms with van der Waals surface area (Å²) in [6.07, 6.45) is -2.08. The fourth-order valence-electron chi connectivity index (χ4n) is 2.78. The summed E-state index contributed by atoms with van der Waals surface area (Å²) in [6, 6.07) is 0. The third kappa shape index (κ3) is 3.85. The lowest BCUT2D eigenvalue weighted by molar-refractivity contribution is -0.222. The standard InChI is InChI=1S/C15H16F3O4S.Al.2H/c1-22-14(21)13-9-6-4-2-3-5-8(9)12(23-13)10(19)7-11(20)15(16,17)18;;;/h20H,2-7H2,1H3;;;. The molecule has 0 amide bonds. The third-order valence-corrected chi connectivity index (χ3v) is 6.43. The van der Waals surface area contributed by atoms with Crippen molar-refractivity contribution in [2.75, 3.05) is 7.11 Å². The van der Waals surface area contributed by atoms with E-state index in [0.717, 1.165) is 36.2 Å². The van der Waals surface area contributed by atoms with E-state index in [1.165, 1.54) is 7.11 Å². The lowest BCUT2D eigenvalue weighted by Gasteiger charge is -2.26. The van der Waals surface area contributed by atoms with Crippen molar-refractivity contribution in [3.05, 3.63) is 20.9 Å². The molecule has 0 saturated carbocycles. The highest BCUT2D eigenvalue weighted by Gasteiger charge is 2.50. The second kappa shape index (κ2) is 7.16. The third-order valence-electron chi connectivity index (χ3n) is 4.21. The van der Waals surface area contributed by atoms with Gasteiger partial charge in [0.1, 0.15) is 9.34 Å². The number of ketones is 1. The van der Waals surface area contributed by atoms with Crippen molar-refractivity contribution in [1.82, 2.24) is 0 Å². The van der Waals surface area contributed by atoms with Crippen molar-refractivity contribution in [2.24, 2.45) is 0 Å². The number of hydrogen-bond donors (Lipinski definition) is 1. The molecule has 9 heteroatoms. The zero-order chi connectivity index (χ0) is 18.1. The number of aliphatic hydroxyl groups is 1. The summed E-state index contributed by atoms with van der Waals surface area (Å²) in [5.74, 6) is -1.34. The van der Waals surface area contributed by atoms with Gasteiger partial charge in [0, 0.05) is 6.42 Å². The van der Waals surface area contributed by atoms with E-state index in [9.17, 15) is 27.9 Å². The minimum absolute atomic E-state index is 0.158. The Labute approximate surface area is 149 Å². The average molecular weight is 378 g/mol. The first-order valence-corrected chi connectivity index (χ1v) is 9.45. The highest BCUT2D eigenvalue weighted by molar-refractivity contribution is 7.16. The molecule has 0 saturated heterocycles. The van der Waals surface area contributed by atoms with Gasteiger partial charge in [0.05, 0.1) is 12.0 Å². The van der Waals surface area contributed by atoms with E-state index in [-0.39, 0.29) is 4.88 Å². The first-order chi connectivity index (χ1) is 11.1. The highest BCUT2D eigenvalue weighted by atomic mass is 32.1. The number of hydrogen-bond acceptors (Lipinski definition) is 5. The quantitative estimate of drug-likeness (QED) is 0.378. The van der Waals surface area contributed by atoms with Gasteiger partial charge >= 0.3 is 12.1 Å². The number of halogens is 3. The normalized spacial score (nSPS) is 17.5. The van der Waals surface area contributed by atoms with E-state index in [2.05, 4.69) is 0 Å². The average Bonchev–Trinajstić information content (AvgIpc) is 2.67. The molecule has 1 aliphatic carbocycles. The van der Waals surface area contributed by atoms with E-state index in [4.69, 9.17) is 4.74 Å². The van der Waals surface area contributed by atoms with Crippen LogP contribution in [0, 0.1) is 0 Å². The monoisotopic (exact) mass is 378 g/mol. The molecule has 24 heavy (non-hydrogen) atoms. The molecule has 0 aliphatic heterocycles. The zero-order valence-electron chi connectivity index (χ0n) is 13.5. The van der Waals surface area contributed by atoms with E-state index in [1.54, 1.807) is 0 Å². The Balaban J connectivity index is 2.41. The minimum atomic E-state index is -4.84. The van der Waals surface area contributed by atoms with Crippen LogP contribution in [-0.2, 0) is 17.6 Å². The number of Topliss-reactive ketones (excluding diaryl/α,β-unsaturated/α-hetero) is 1. The molecule has 0 aromatic carbocycles. The Bertz CT molecular complexity index is 652. The molecular weight excluding hydrogens is 360 g/mol. The first-order valence-electron chi connectivity index (χ1n) is 7.63. The van der Waals surface area contributed by atoms with Crippen LogP contribution in [0.25, 0.3) is 0 Å². The summed E-state index contributed by atoms with van der Waals surface area (Å²) in [6.45, 7) is 0. The van der Waals surface area contributed by atoms with Gasteiger partial charge in [-0.25, -0.2) is 4.79 Å². The molecule has 1 aromatic heterocycles. The van der Waals surface area contributed by atoms with Crippen LogP contribution < -0.4 is 0 Å². The maximum absolute atomic E-state index is 12.9. The second-order valence-electron chi connectivity index (χ2n) is 6.14. The SMILES string of the molecule is COC(=O)c1sc(C(=O)C[C](O)([AlH2])C(F)(F)F)c2c1CCCCC2. The molecule has 1 unspecified atom stereocenters. The van der Waals surface area contributed by atoms with Gasteiger partial charge in [-0.3, -0.25) is 4.79 Å². The first kappa shape index (κ1) is 19.4. The van der Waals surface area contributed by atoms with Gasteiger partial charge in [0.25, 0.3) is 16.3 Å². The number of esters is 1. The number of rotatable bonds is 4. The number of methoxy groups -OCH3 is 1. The van der Waals surface area contributed by atoms with E-state index < -0.39 is 45.1 Å². The predicted octanol–water partition coefficient (Wildman–Crippen LogP) is 2.26. The van der Waals surface area contributed by atoms with Gasteiger partial charge in [0.2, 0.25) is 0 Å². The highest BCUT2D eigenvalue weighted by Crippen LogP contribution is 2.37. The topological polar surface area (TPSA) is 63.6 Å². The van der Waals surface area contributed by atoms with Gasteiger partial charge in [0.15, 0.2) is 5.78 Å². The van der Waals surface area contributed by atoms with Gasteiger partial charge in [-0.05, 0) is 36.8 Å². The smallest absolute Gasteiger partial charge is 0.403 e. The van der Waals surface area contributed by atoms with Gasteiger partial charge in [-0.15, -0.1) is 11.3 Å². The molecule has 2 rings (SSSR count). The molecule has 0 fully saturated rings. The Morgan fingerprint density at radius 3 is 2.21 bits per heavy atom. The summed E-state index contributed by atoms with van der Waals surface area (Å²) in [4.78, 5) is 24.8. The van der Waals surface area contributed by atoms with E-state index in [1.807, 2.05) is 0 Å². The van der Waals surface area contributed by atoms with Crippen molar-refractivity contribution >= 4 is 39.4 Å². The van der Waals surface area contributed by atoms with Crippen molar-refractivity contribution in [1.29, 1.82) is 0 Å². The molecular formula is C15H18AlF3O4S. The van der Waals surface area contributed by atoms with Gasteiger partial charge < -0.3 is 9.84 Å². The summed E-state index contributed by atoms with van der Waals surface area (Å²) in [7, 11) is 1.23.